The average molecular weight is 134 g/mol. The second kappa shape index (κ2) is 3.56. The van der Waals surface area contributed by atoms with Gasteiger partial charge in [-0.05, 0) is 6.42 Å². The SMILES string of the molecule is CCC(P=O)C(=O)O. The molecule has 0 amide bonds. The molecule has 0 spiro atoms. The van der Waals surface area contributed by atoms with E-state index in [1.807, 2.05) is 0 Å². The van der Waals surface area contributed by atoms with Crippen molar-refractivity contribution in [3.63, 3.8) is 0 Å². The van der Waals surface area contributed by atoms with Crippen molar-refractivity contribution in [2.45, 2.75) is 19.0 Å². The van der Waals surface area contributed by atoms with Crippen LogP contribution < -0.4 is 0 Å². The van der Waals surface area contributed by atoms with Gasteiger partial charge in [0.05, 0.1) is 0 Å². The fourth-order valence-corrected chi connectivity index (χ4v) is 0.533. The van der Waals surface area contributed by atoms with Gasteiger partial charge in [-0.25, -0.2) is 0 Å². The average Bonchev–Trinajstić information content (AvgIpc) is 1.69. The monoisotopic (exact) mass is 134 g/mol. The van der Waals surface area contributed by atoms with E-state index in [9.17, 15) is 9.36 Å². The maximum Gasteiger partial charge on any atom is 0.318 e. The molecule has 0 radical (unpaired) electrons. The van der Waals surface area contributed by atoms with E-state index in [0.29, 0.717) is 6.42 Å². The molecule has 0 aromatic rings. The van der Waals surface area contributed by atoms with Gasteiger partial charge in [0.25, 0.3) is 0 Å². The number of hydrogen-bond donors (Lipinski definition) is 1. The molecule has 0 saturated carbocycles. The van der Waals surface area contributed by atoms with Crippen molar-refractivity contribution in [1.29, 1.82) is 0 Å². The Hall–Kier alpha value is -0.430. The second-order valence-electron chi connectivity index (χ2n) is 1.37. The van der Waals surface area contributed by atoms with Gasteiger partial charge in [-0.2, -0.15) is 0 Å². The summed E-state index contributed by atoms with van der Waals surface area (Å²) in [6.07, 6.45) is 0.417. The van der Waals surface area contributed by atoms with Gasteiger partial charge < -0.3 is 5.11 Å². The summed E-state index contributed by atoms with van der Waals surface area (Å²) in [5.74, 6) is -0.996. The van der Waals surface area contributed by atoms with E-state index >= 15 is 0 Å². The molecular weight excluding hydrogens is 127 g/mol. The lowest BCUT2D eigenvalue weighted by molar-refractivity contribution is -0.136. The predicted octanol–water partition coefficient (Wildman–Crippen LogP) is 1.14. The lowest BCUT2D eigenvalue weighted by atomic mass is 10.3. The maximum absolute atomic E-state index is 9.95. The summed E-state index contributed by atoms with van der Waals surface area (Å²) in [7, 11) is -0.296. The van der Waals surface area contributed by atoms with E-state index in [4.69, 9.17) is 5.11 Å². The van der Waals surface area contributed by atoms with Crippen LogP contribution in [0.2, 0.25) is 0 Å². The number of carboxylic acids is 1. The molecule has 0 heterocycles. The molecule has 8 heavy (non-hydrogen) atoms. The van der Waals surface area contributed by atoms with E-state index < -0.39 is 11.6 Å². The van der Waals surface area contributed by atoms with E-state index in [1.54, 1.807) is 6.92 Å². The fourth-order valence-electron chi connectivity index (χ4n) is 0.294. The lowest BCUT2D eigenvalue weighted by Gasteiger charge is -1.93. The van der Waals surface area contributed by atoms with Crippen molar-refractivity contribution in [1.82, 2.24) is 0 Å². The summed E-state index contributed by atoms with van der Waals surface area (Å²) < 4.78 is 9.89. The molecule has 0 saturated heterocycles. The van der Waals surface area contributed by atoms with Gasteiger partial charge in [-0.3, -0.25) is 9.36 Å². The Labute approximate surface area is 48.9 Å². The Morgan fingerprint density at radius 2 is 2.38 bits per heavy atom. The van der Waals surface area contributed by atoms with Gasteiger partial charge in [0.2, 0.25) is 0 Å². The first-order chi connectivity index (χ1) is 3.72. The van der Waals surface area contributed by atoms with Crippen LogP contribution in [0.25, 0.3) is 0 Å². The van der Waals surface area contributed by atoms with Crippen LogP contribution in [0.5, 0.6) is 0 Å². The highest BCUT2D eigenvalue weighted by molar-refractivity contribution is 7.26. The molecule has 0 aromatic heterocycles. The Morgan fingerprint density at radius 1 is 1.88 bits per heavy atom. The summed E-state index contributed by atoms with van der Waals surface area (Å²) >= 11 is 0. The topological polar surface area (TPSA) is 54.4 Å². The highest BCUT2D eigenvalue weighted by Crippen LogP contribution is 2.09. The van der Waals surface area contributed by atoms with E-state index in [2.05, 4.69) is 0 Å². The molecule has 0 aliphatic carbocycles. The molecule has 0 bridgehead atoms. The van der Waals surface area contributed by atoms with E-state index in [-0.39, 0.29) is 8.46 Å². The molecule has 1 atom stereocenters. The van der Waals surface area contributed by atoms with Gasteiger partial charge in [0.1, 0.15) is 5.66 Å². The summed E-state index contributed by atoms with van der Waals surface area (Å²) in [5.41, 5.74) is -0.713. The van der Waals surface area contributed by atoms with Gasteiger partial charge in [0.15, 0.2) is 8.46 Å². The molecule has 46 valence electrons. The predicted molar refractivity (Wildman–Crippen MR) is 29.3 cm³/mol. The first-order valence-corrected chi connectivity index (χ1v) is 3.15. The summed E-state index contributed by atoms with van der Waals surface area (Å²) in [5, 5.41) is 8.17. The van der Waals surface area contributed by atoms with Crippen LogP contribution in [-0.2, 0) is 9.36 Å². The van der Waals surface area contributed by atoms with Gasteiger partial charge in [-0.15, -0.1) is 0 Å². The van der Waals surface area contributed by atoms with Crippen LogP contribution in [0.4, 0.5) is 0 Å². The zero-order valence-corrected chi connectivity index (χ0v) is 5.39. The molecule has 0 aliphatic rings. The molecule has 4 heteroatoms. The molecule has 1 N–H and O–H groups in total. The third kappa shape index (κ3) is 2.03. The normalized spacial score (nSPS) is 13.6. The number of carbonyl (C=O) groups is 1. The summed E-state index contributed by atoms with van der Waals surface area (Å²) in [4.78, 5) is 9.95. The zero-order valence-electron chi connectivity index (χ0n) is 4.50. The standard InChI is InChI=1S/C4H7O3P/c1-2-3(8-7)4(5)6/h3H,2H2,1H3,(H,5,6). The largest absolute Gasteiger partial charge is 0.480 e. The van der Waals surface area contributed by atoms with Crippen molar-refractivity contribution in [2.75, 3.05) is 0 Å². The van der Waals surface area contributed by atoms with Crippen molar-refractivity contribution in [2.24, 2.45) is 0 Å². The highest BCUT2D eigenvalue weighted by Gasteiger charge is 2.13. The van der Waals surface area contributed by atoms with Gasteiger partial charge in [0, 0.05) is 0 Å². The molecule has 1 unspecified atom stereocenters. The molecule has 0 fully saturated rings. The second-order valence-corrected chi connectivity index (χ2v) is 2.20. The van der Waals surface area contributed by atoms with Crippen LogP contribution >= 0.6 is 8.46 Å². The smallest absolute Gasteiger partial charge is 0.318 e. The quantitative estimate of drug-likeness (QED) is 0.589. The van der Waals surface area contributed by atoms with Gasteiger partial charge >= 0.3 is 5.97 Å². The van der Waals surface area contributed by atoms with Gasteiger partial charge in [-0.1, -0.05) is 6.92 Å². The first kappa shape index (κ1) is 7.57. The molecule has 0 aromatic carbocycles. The summed E-state index contributed by atoms with van der Waals surface area (Å²) in [6.45, 7) is 1.68. The van der Waals surface area contributed by atoms with Crippen molar-refractivity contribution in [3.05, 3.63) is 0 Å². The molecule has 0 rings (SSSR count). The number of carboxylic acid groups (broad SMARTS) is 1. The number of rotatable bonds is 3. The minimum absolute atomic E-state index is 0.296. The van der Waals surface area contributed by atoms with Crippen LogP contribution in [0.3, 0.4) is 0 Å². The minimum atomic E-state index is -0.996. The highest BCUT2D eigenvalue weighted by atomic mass is 31.1. The lowest BCUT2D eigenvalue weighted by Crippen LogP contribution is -2.11. The molecular formula is C4H7O3P. The van der Waals surface area contributed by atoms with Crippen LogP contribution in [0.15, 0.2) is 0 Å². The third-order valence-electron chi connectivity index (χ3n) is 0.799. The van der Waals surface area contributed by atoms with Crippen LogP contribution in [0, 0.1) is 0 Å². The Balaban J connectivity index is 3.69. The first-order valence-electron chi connectivity index (χ1n) is 2.27. The Bertz CT molecular complexity index is 101. The maximum atomic E-state index is 9.95. The van der Waals surface area contributed by atoms with E-state index in [0.717, 1.165) is 0 Å². The summed E-state index contributed by atoms with van der Waals surface area (Å²) in [6, 6.07) is 0. The third-order valence-corrected chi connectivity index (χ3v) is 1.64. The Kier molecular flexibility index (Phi) is 3.37. The van der Waals surface area contributed by atoms with Crippen molar-refractivity contribution in [3.8, 4) is 0 Å². The molecule has 3 nitrogen and oxygen atoms in total. The molecule has 0 aliphatic heterocycles. The zero-order chi connectivity index (χ0) is 6.57. The minimum Gasteiger partial charge on any atom is -0.480 e. The number of hydrogen-bond acceptors (Lipinski definition) is 2. The van der Waals surface area contributed by atoms with Crippen LogP contribution in [-0.4, -0.2) is 16.7 Å². The van der Waals surface area contributed by atoms with E-state index in [1.165, 1.54) is 0 Å². The van der Waals surface area contributed by atoms with Crippen LogP contribution in [0.1, 0.15) is 13.3 Å². The van der Waals surface area contributed by atoms with Crippen molar-refractivity contribution >= 4 is 14.4 Å². The van der Waals surface area contributed by atoms with Crippen molar-refractivity contribution < 1.29 is 14.5 Å². The fraction of sp³-hybridized carbons (Fsp3) is 0.750. The Morgan fingerprint density at radius 3 is 2.38 bits per heavy atom. The number of aliphatic carboxylic acids is 1.